The lowest BCUT2D eigenvalue weighted by Gasteiger charge is -2.32. The van der Waals surface area contributed by atoms with E-state index in [-0.39, 0.29) is 12.3 Å². The van der Waals surface area contributed by atoms with E-state index >= 15 is 0 Å². The molecule has 1 fully saturated rings. The van der Waals surface area contributed by atoms with Crippen molar-refractivity contribution in [2.75, 3.05) is 6.54 Å². The Bertz CT molecular complexity index is 882. The van der Waals surface area contributed by atoms with E-state index < -0.39 is 30.0 Å². The number of benzene rings is 1. The molecule has 1 amide bonds. The van der Waals surface area contributed by atoms with E-state index in [0.717, 1.165) is 35.0 Å². The van der Waals surface area contributed by atoms with Crippen LogP contribution in [0.1, 0.15) is 82.8 Å². The topological polar surface area (TPSA) is 73.9 Å². The second kappa shape index (κ2) is 8.43. The third-order valence-corrected chi connectivity index (χ3v) is 6.03. The first-order valence-electron chi connectivity index (χ1n) is 11.0. The minimum Gasteiger partial charge on any atom is -0.444 e. The predicted molar refractivity (Wildman–Crippen MR) is 122 cm³/mol. The number of rotatable bonds is 4. The van der Waals surface area contributed by atoms with Gasteiger partial charge in [-0.05, 0) is 84.0 Å². The van der Waals surface area contributed by atoms with Gasteiger partial charge in [-0.1, -0.05) is 18.2 Å². The summed E-state index contributed by atoms with van der Waals surface area (Å²) >= 11 is 0. The summed E-state index contributed by atoms with van der Waals surface area (Å²) in [6, 6.07) is 5.94. The Hall–Kier alpha value is -2.12. The number of carbonyl (C=O) groups excluding carboxylic acids is 2. The van der Waals surface area contributed by atoms with Crippen LogP contribution in [0.15, 0.2) is 23.7 Å². The van der Waals surface area contributed by atoms with Gasteiger partial charge < -0.3 is 19.4 Å². The molecule has 7 heteroatoms. The number of fused-ring (bicyclic) bond motifs is 1. The van der Waals surface area contributed by atoms with Crippen LogP contribution < -0.4 is 5.32 Å². The number of hydrogen-bond acceptors (Lipinski definition) is 5. The summed E-state index contributed by atoms with van der Waals surface area (Å²) in [4.78, 5) is 24.6. The molecule has 0 atom stereocenters. The lowest BCUT2D eigenvalue weighted by atomic mass is 9.76. The molecule has 1 saturated heterocycles. The van der Waals surface area contributed by atoms with Gasteiger partial charge in [0.15, 0.2) is 5.78 Å². The van der Waals surface area contributed by atoms with E-state index in [1.807, 2.05) is 72.7 Å². The lowest BCUT2D eigenvalue weighted by Crippen LogP contribution is -2.41. The van der Waals surface area contributed by atoms with Crippen molar-refractivity contribution in [1.29, 1.82) is 0 Å². The normalized spacial score (nSPS) is 20.4. The largest absolute Gasteiger partial charge is 0.492 e. The maximum absolute atomic E-state index is 12.4. The van der Waals surface area contributed by atoms with Crippen LogP contribution in [0.2, 0.25) is 0 Å². The molecule has 0 saturated carbocycles. The van der Waals surface area contributed by atoms with Crippen LogP contribution in [0.4, 0.5) is 4.79 Å². The minimum atomic E-state index is -0.619. The van der Waals surface area contributed by atoms with Gasteiger partial charge >= 0.3 is 13.2 Å². The highest BCUT2D eigenvalue weighted by molar-refractivity contribution is 6.56. The summed E-state index contributed by atoms with van der Waals surface area (Å²) in [5.74, 6) is 0.181. The number of ether oxygens (including phenoxy) is 1. The molecule has 0 bridgehead atoms. The van der Waals surface area contributed by atoms with Gasteiger partial charge in [0.05, 0.1) is 11.2 Å². The number of aryl methyl sites for hydroxylation is 1. The Labute approximate surface area is 185 Å². The average Bonchev–Trinajstić information content (AvgIpc) is 2.85. The molecule has 1 N–H and O–H groups in total. The maximum Gasteiger partial charge on any atom is 0.492 e. The molecule has 0 aromatic heterocycles. The van der Waals surface area contributed by atoms with Crippen molar-refractivity contribution >= 4 is 25.1 Å². The van der Waals surface area contributed by atoms with E-state index in [0.29, 0.717) is 6.42 Å². The van der Waals surface area contributed by atoms with Crippen molar-refractivity contribution in [3.05, 3.63) is 40.4 Å². The summed E-state index contributed by atoms with van der Waals surface area (Å²) in [6.45, 7) is 13.6. The molecule has 31 heavy (non-hydrogen) atoms. The highest BCUT2D eigenvalue weighted by Gasteiger charge is 2.52. The van der Waals surface area contributed by atoms with Crippen LogP contribution in [0, 0.1) is 0 Å². The maximum atomic E-state index is 12.4. The van der Waals surface area contributed by atoms with Crippen molar-refractivity contribution in [1.82, 2.24) is 5.32 Å². The van der Waals surface area contributed by atoms with E-state index in [9.17, 15) is 9.59 Å². The molecule has 6 nitrogen and oxygen atoms in total. The highest BCUT2D eigenvalue weighted by Crippen LogP contribution is 2.39. The van der Waals surface area contributed by atoms with Gasteiger partial charge in [-0.2, -0.15) is 0 Å². The molecule has 168 valence electrons. The van der Waals surface area contributed by atoms with Crippen molar-refractivity contribution in [2.45, 2.75) is 84.5 Å². The van der Waals surface area contributed by atoms with E-state index in [2.05, 4.69) is 5.32 Å². The molecule has 0 radical (unpaired) electrons. The van der Waals surface area contributed by atoms with Crippen molar-refractivity contribution in [2.24, 2.45) is 0 Å². The molecule has 2 aliphatic rings. The van der Waals surface area contributed by atoms with E-state index in [1.165, 1.54) is 0 Å². The zero-order valence-electron chi connectivity index (χ0n) is 19.8. The molecule has 1 heterocycles. The Kier molecular flexibility index (Phi) is 6.41. The molecule has 0 spiro atoms. The Balaban J connectivity index is 1.88. The lowest BCUT2D eigenvalue weighted by molar-refractivity contribution is 0.00578. The Morgan fingerprint density at radius 3 is 2.42 bits per heavy atom. The zero-order chi connectivity index (χ0) is 23.0. The second-order valence-corrected chi connectivity index (χ2v) is 10.4. The standard InChI is InChI=1S/C24H34BNO5/c1-22(2,3)29-21(28)26-15-18(25-30-23(4,5)24(6,7)31-25)13-16-11-12-17-9-8-10-20(27)19(17)14-16/h11-14H,8-10,15H2,1-7H3,(H,26,28). The van der Waals surface area contributed by atoms with Crippen LogP contribution in [0.5, 0.6) is 0 Å². The van der Waals surface area contributed by atoms with Crippen LogP contribution in [0.25, 0.3) is 6.08 Å². The summed E-state index contributed by atoms with van der Waals surface area (Å²) in [6.07, 6.45) is 3.84. The van der Waals surface area contributed by atoms with Gasteiger partial charge in [-0.3, -0.25) is 4.79 Å². The van der Waals surface area contributed by atoms with E-state index in [1.54, 1.807) is 0 Å². The number of ketones is 1. The van der Waals surface area contributed by atoms with Gasteiger partial charge in [-0.15, -0.1) is 0 Å². The minimum absolute atomic E-state index is 0.181. The summed E-state index contributed by atoms with van der Waals surface area (Å²) in [5, 5.41) is 2.81. The first kappa shape index (κ1) is 23.5. The summed E-state index contributed by atoms with van der Waals surface area (Å²) < 4.78 is 17.8. The van der Waals surface area contributed by atoms with Crippen molar-refractivity contribution in [3.63, 3.8) is 0 Å². The number of alkyl carbamates (subject to hydrolysis) is 1. The van der Waals surface area contributed by atoms with Gasteiger partial charge in [0.25, 0.3) is 0 Å². The van der Waals surface area contributed by atoms with Crippen LogP contribution in [0.3, 0.4) is 0 Å². The molecule has 1 aliphatic carbocycles. The van der Waals surface area contributed by atoms with Gasteiger partial charge in [-0.25, -0.2) is 4.79 Å². The summed E-state index contributed by atoms with van der Waals surface area (Å²) in [5.41, 5.74) is 1.92. The van der Waals surface area contributed by atoms with Gasteiger partial charge in [0.2, 0.25) is 0 Å². The SMILES string of the molecule is CC(C)(C)OC(=O)NCC(=Cc1ccc2c(c1)C(=O)CCC2)B1OC(C)(C)C(C)(C)O1. The van der Waals surface area contributed by atoms with Crippen molar-refractivity contribution < 1.29 is 23.6 Å². The number of nitrogens with one attached hydrogen (secondary N) is 1. The third kappa shape index (κ3) is 5.58. The first-order valence-corrected chi connectivity index (χ1v) is 11.0. The molecule has 3 rings (SSSR count). The highest BCUT2D eigenvalue weighted by atomic mass is 16.7. The molecule has 1 aromatic carbocycles. The molecule has 0 unspecified atom stereocenters. The number of amides is 1. The third-order valence-electron chi connectivity index (χ3n) is 6.03. The quantitative estimate of drug-likeness (QED) is 0.703. The first-order chi connectivity index (χ1) is 14.3. The summed E-state index contributed by atoms with van der Waals surface area (Å²) in [7, 11) is -0.619. The molecular weight excluding hydrogens is 393 g/mol. The van der Waals surface area contributed by atoms with Gasteiger partial charge in [0, 0.05) is 18.5 Å². The fourth-order valence-corrected chi connectivity index (χ4v) is 3.63. The Morgan fingerprint density at radius 1 is 1.16 bits per heavy atom. The average molecular weight is 427 g/mol. The van der Waals surface area contributed by atoms with Crippen LogP contribution >= 0.6 is 0 Å². The molecule has 1 aromatic rings. The molecular formula is C24H34BNO5. The number of hydrogen-bond donors (Lipinski definition) is 1. The molecule has 1 aliphatic heterocycles. The van der Waals surface area contributed by atoms with Gasteiger partial charge in [0.1, 0.15) is 5.60 Å². The fraction of sp³-hybridized carbons (Fsp3) is 0.583. The number of Topliss-reactive ketones (excluding diaryl/α,β-unsaturated/α-hetero) is 1. The van der Waals surface area contributed by atoms with Crippen molar-refractivity contribution in [3.8, 4) is 0 Å². The number of carbonyl (C=O) groups is 2. The monoisotopic (exact) mass is 427 g/mol. The van der Waals surface area contributed by atoms with Crippen LogP contribution in [-0.2, 0) is 20.5 Å². The Morgan fingerprint density at radius 2 is 1.81 bits per heavy atom. The fourth-order valence-electron chi connectivity index (χ4n) is 3.63. The predicted octanol–water partition coefficient (Wildman–Crippen LogP) is 4.75. The van der Waals surface area contributed by atoms with Crippen LogP contribution in [-0.4, -0.2) is 42.3 Å². The second-order valence-electron chi connectivity index (χ2n) is 10.4. The zero-order valence-corrected chi connectivity index (χ0v) is 19.8. The van der Waals surface area contributed by atoms with E-state index in [4.69, 9.17) is 14.0 Å². The smallest absolute Gasteiger partial charge is 0.444 e.